The van der Waals surface area contributed by atoms with Gasteiger partial charge in [0.1, 0.15) is 17.3 Å². The molecule has 2 N–H and O–H groups in total. The topological polar surface area (TPSA) is 76.0 Å². The minimum absolute atomic E-state index is 0.0749. The molecular weight excluding hydrogens is 327 g/mol. The van der Waals surface area contributed by atoms with Crippen LogP contribution in [0.4, 0.5) is 4.39 Å². The number of aromatic hydroxyl groups is 1. The van der Waals surface area contributed by atoms with Crippen LogP contribution >= 0.6 is 0 Å². The maximum Gasteiger partial charge on any atom is 0.347 e. The van der Waals surface area contributed by atoms with Crippen molar-refractivity contribution >= 4 is 5.97 Å². The van der Waals surface area contributed by atoms with Crippen LogP contribution in [0.3, 0.4) is 0 Å². The molecule has 5 nitrogen and oxygen atoms in total. The summed E-state index contributed by atoms with van der Waals surface area (Å²) in [6, 6.07) is 12.2. The molecule has 0 aromatic heterocycles. The van der Waals surface area contributed by atoms with E-state index in [2.05, 4.69) is 0 Å². The first-order chi connectivity index (χ1) is 11.9. The molecule has 2 rings (SSSR count). The SMILES string of the molecule is CC(CCCOCc1ccccc1F)(Oc1ccc(O)cc1)C(=O)O. The third-order valence-corrected chi connectivity index (χ3v) is 3.79. The lowest BCUT2D eigenvalue weighted by atomic mass is 10.00. The monoisotopic (exact) mass is 348 g/mol. The molecule has 0 radical (unpaired) electrons. The van der Waals surface area contributed by atoms with Crippen molar-refractivity contribution in [3.05, 3.63) is 59.9 Å². The molecular formula is C19H21FO5. The zero-order valence-corrected chi connectivity index (χ0v) is 13.9. The zero-order valence-electron chi connectivity index (χ0n) is 13.9. The second-order valence-corrected chi connectivity index (χ2v) is 5.88. The number of phenols is 1. The van der Waals surface area contributed by atoms with Gasteiger partial charge in [-0.3, -0.25) is 0 Å². The Hall–Kier alpha value is -2.60. The van der Waals surface area contributed by atoms with Gasteiger partial charge in [-0.2, -0.15) is 0 Å². The first-order valence-electron chi connectivity index (χ1n) is 7.93. The van der Waals surface area contributed by atoms with Crippen LogP contribution in [-0.2, 0) is 16.1 Å². The average molecular weight is 348 g/mol. The Morgan fingerprint density at radius 2 is 1.84 bits per heavy atom. The molecule has 2 aromatic carbocycles. The van der Waals surface area contributed by atoms with Crippen molar-refractivity contribution in [3.63, 3.8) is 0 Å². The highest BCUT2D eigenvalue weighted by molar-refractivity contribution is 5.77. The number of carboxylic acids is 1. The van der Waals surface area contributed by atoms with Crippen LogP contribution in [0.5, 0.6) is 11.5 Å². The Morgan fingerprint density at radius 3 is 2.48 bits per heavy atom. The number of hydrogen-bond acceptors (Lipinski definition) is 4. The largest absolute Gasteiger partial charge is 0.508 e. The van der Waals surface area contributed by atoms with Gasteiger partial charge in [-0.15, -0.1) is 0 Å². The molecule has 0 amide bonds. The van der Waals surface area contributed by atoms with Gasteiger partial charge >= 0.3 is 5.97 Å². The molecule has 1 atom stereocenters. The molecule has 6 heteroatoms. The van der Waals surface area contributed by atoms with E-state index < -0.39 is 11.6 Å². The number of benzene rings is 2. The highest BCUT2D eigenvalue weighted by atomic mass is 19.1. The molecule has 0 spiro atoms. The second kappa shape index (κ2) is 8.48. The van der Waals surface area contributed by atoms with Crippen molar-refractivity contribution < 1.29 is 28.9 Å². The van der Waals surface area contributed by atoms with Gasteiger partial charge < -0.3 is 19.7 Å². The van der Waals surface area contributed by atoms with Crippen LogP contribution in [0.15, 0.2) is 48.5 Å². The number of phenolic OH excluding ortho intramolecular Hbond substituents is 1. The van der Waals surface area contributed by atoms with Gasteiger partial charge in [0.2, 0.25) is 5.60 Å². The molecule has 0 bridgehead atoms. The quantitative estimate of drug-likeness (QED) is 0.675. The number of halogens is 1. The van der Waals surface area contributed by atoms with E-state index in [1.807, 2.05) is 0 Å². The predicted molar refractivity (Wildman–Crippen MR) is 90.1 cm³/mol. The molecule has 0 heterocycles. The van der Waals surface area contributed by atoms with Crippen LogP contribution in [0.2, 0.25) is 0 Å². The van der Waals surface area contributed by atoms with Gasteiger partial charge in [-0.1, -0.05) is 18.2 Å². The lowest BCUT2D eigenvalue weighted by Crippen LogP contribution is -2.41. The van der Waals surface area contributed by atoms with E-state index >= 15 is 0 Å². The van der Waals surface area contributed by atoms with Gasteiger partial charge in [0.25, 0.3) is 0 Å². The molecule has 2 aromatic rings. The summed E-state index contributed by atoms with van der Waals surface area (Å²) in [6.45, 7) is 1.91. The average Bonchev–Trinajstić information content (AvgIpc) is 2.58. The standard InChI is InChI=1S/C19H21FO5/c1-19(18(22)23,25-16-9-7-15(21)8-10-16)11-4-12-24-13-14-5-2-3-6-17(14)20/h2-3,5-10,21H,4,11-13H2,1H3,(H,22,23). The summed E-state index contributed by atoms with van der Waals surface area (Å²) in [5.41, 5.74) is -0.956. The molecule has 0 saturated carbocycles. The van der Waals surface area contributed by atoms with E-state index in [1.165, 1.54) is 37.3 Å². The van der Waals surface area contributed by atoms with Gasteiger partial charge in [-0.05, 0) is 50.1 Å². The van der Waals surface area contributed by atoms with E-state index in [9.17, 15) is 19.4 Å². The zero-order chi connectivity index (χ0) is 18.3. The molecule has 1 unspecified atom stereocenters. The van der Waals surface area contributed by atoms with Crippen molar-refractivity contribution in [2.45, 2.75) is 32.0 Å². The van der Waals surface area contributed by atoms with Gasteiger partial charge in [0, 0.05) is 12.2 Å². The first-order valence-corrected chi connectivity index (χ1v) is 7.93. The summed E-state index contributed by atoms with van der Waals surface area (Å²) in [7, 11) is 0. The molecule has 0 saturated heterocycles. The van der Waals surface area contributed by atoms with Gasteiger partial charge in [-0.25, -0.2) is 9.18 Å². The molecule has 0 aliphatic carbocycles. The highest BCUT2D eigenvalue weighted by Gasteiger charge is 2.35. The van der Waals surface area contributed by atoms with Crippen molar-refractivity contribution in [1.82, 2.24) is 0 Å². The number of ether oxygens (including phenoxy) is 2. The third-order valence-electron chi connectivity index (χ3n) is 3.79. The first kappa shape index (κ1) is 18.7. The summed E-state index contributed by atoms with van der Waals surface area (Å²) >= 11 is 0. The summed E-state index contributed by atoms with van der Waals surface area (Å²) in [4.78, 5) is 11.6. The fourth-order valence-corrected chi connectivity index (χ4v) is 2.29. The maximum absolute atomic E-state index is 13.5. The van der Waals surface area contributed by atoms with Crippen molar-refractivity contribution in [3.8, 4) is 11.5 Å². The van der Waals surface area contributed by atoms with Crippen LogP contribution < -0.4 is 4.74 Å². The van der Waals surface area contributed by atoms with Crippen molar-refractivity contribution in [1.29, 1.82) is 0 Å². The smallest absolute Gasteiger partial charge is 0.347 e. The molecule has 0 aliphatic heterocycles. The Bertz CT molecular complexity index is 701. The van der Waals surface area contributed by atoms with E-state index in [0.29, 0.717) is 17.7 Å². The Kier molecular flexibility index (Phi) is 6.36. The third kappa shape index (κ3) is 5.46. The van der Waals surface area contributed by atoms with E-state index in [1.54, 1.807) is 18.2 Å². The van der Waals surface area contributed by atoms with Crippen LogP contribution in [-0.4, -0.2) is 28.4 Å². The number of carboxylic acid groups (broad SMARTS) is 1. The lowest BCUT2D eigenvalue weighted by Gasteiger charge is -2.26. The number of rotatable bonds is 9. The second-order valence-electron chi connectivity index (χ2n) is 5.88. The minimum Gasteiger partial charge on any atom is -0.508 e. The number of aliphatic carboxylic acids is 1. The molecule has 0 fully saturated rings. The summed E-state index contributed by atoms with van der Waals surface area (Å²) in [5.74, 6) is -0.982. The van der Waals surface area contributed by atoms with Crippen molar-refractivity contribution in [2.24, 2.45) is 0 Å². The van der Waals surface area contributed by atoms with Crippen molar-refractivity contribution in [2.75, 3.05) is 6.61 Å². The molecule has 0 aliphatic rings. The molecule has 134 valence electrons. The fraction of sp³-hybridized carbons (Fsp3) is 0.316. The summed E-state index contributed by atoms with van der Waals surface area (Å²) in [6.07, 6.45) is 0.663. The highest BCUT2D eigenvalue weighted by Crippen LogP contribution is 2.25. The maximum atomic E-state index is 13.5. The van der Waals surface area contributed by atoms with E-state index in [0.717, 1.165) is 0 Å². The van der Waals surface area contributed by atoms with Gasteiger partial charge in [0.15, 0.2) is 0 Å². The number of hydrogen-bond donors (Lipinski definition) is 2. The lowest BCUT2D eigenvalue weighted by molar-refractivity contribution is -0.154. The summed E-state index contributed by atoms with van der Waals surface area (Å²) in [5, 5.41) is 18.7. The van der Waals surface area contributed by atoms with E-state index in [-0.39, 0.29) is 31.2 Å². The minimum atomic E-state index is -1.42. The van der Waals surface area contributed by atoms with Gasteiger partial charge in [0.05, 0.1) is 6.61 Å². The van der Waals surface area contributed by atoms with E-state index in [4.69, 9.17) is 9.47 Å². The molecule has 25 heavy (non-hydrogen) atoms. The van der Waals surface area contributed by atoms with Crippen LogP contribution in [0.25, 0.3) is 0 Å². The fourth-order valence-electron chi connectivity index (χ4n) is 2.29. The van der Waals surface area contributed by atoms with Crippen LogP contribution in [0.1, 0.15) is 25.3 Å². The summed E-state index contributed by atoms with van der Waals surface area (Å²) < 4.78 is 24.5. The number of carbonyl (C=O) groups is 1. The Balaban J connectivity index is 1.83. The Labute approximate surface area is 145 Å². The Morgan fingerprint density at radius 1 is 1.16 bits per heavy atom. The normalized spacial score (nSPS) is 13.2. The van der Waals surface area contributed by atoms with Crippen LogP contribution in [0, 0.1) is 5.82 Å². The predicted octanol–water partition coefficient (Wildman–Crippen LogP) is 3.75.